The van der Waals surface area contributed by atoms with Crippen LogP contribution in [0, 0.1) is 19.7 Å². The zero-order valence-electron chi connectivity index (χ0n) is 17.8. The first kappa shape index (κ1) is 23.4. The average molecular weight is 514 g/mol. The molecule has 0 bridgehead atoms. The van der Waals surface area contributed by atoms with Crippen LogP contribution in [-0.2, 0) is 13.5 Å². The summed E-state index contributed by atoms with van der Waals surface area (Å²) < 4.78 is 16.0. The Morgan fingerprint density at radius 2 is 1.86 bits per heavy atom. The van der Waals surface area contributed by atoms with Crippen molar-refractivity contribution in [1.29, 1.82) is 0 Å². The smallest absolute Gasteiger partial charge is 0.194 e. The highest BCUT2D eigenvalue weighted by Gasteiger charge is 2.21. The van der Waals surface area contributed by atoms with E-state index in [9.17, 15) is 4.39 Å². The highest BCUT2D eigenvalue weighted by molar-refractivity contribution is 14.0. The molecular weight excluding hydrogens is 482 g/mol. The minimum Gasteiger partial charge on any atom is -0.366 e. The largest absolute Gasteiger partial charge is 0.366 e. The van der Waals surface area contributed by atoms with Crippen molar-refractivity contribution in [1.82, 2.24) is 20.0 Å². The quantitative estimate of drug-likeness (QED) is 0.379. The number of guanidine groups is 1. The molecule has 1 fully saturated rings. The van der Waals surface area contributed by atoms with Crippen LogP contribution in [0.3, 0.4) is 0 Å². The van der Waals surface area contributed by atoms with Crippen LogP contribution in [0.25, 0.3) is 0 Å². The molecule has 1 N–H and O–H groups in total. The summed E-state index contributed by atoms with van der Waals surface area (Å²) in [4.78, 5) is 9.22. The minimum absolute atomic E-state index is 0. The molecule has 1 aromatic carbocycles. The molecule has 8 heteroatoms. The number of halogens is 2. The molecule has 6 nitrogen and oxygen atoms in total. The van der Waals surface area contributed by atoms with Crippen LogP contribution in [0.5, 0.6) is 0 Å². The highest BCUT2D eigenvalue weighted by atomic mass is 127. The number of rotatable bonds is 5. The van der Waals surface area contributed by atoms with Gasteiger partial charge in [0.05, 0.1) is 11.4 Å². The van der Waals surface area contributed by atoms with Crippen molar-refractivity contribution in [3.63, 3.8) is 0 Å². The Morgan fingerprint density at radius 3 is 2.45 bits per heavy atom. The number of aryl methyl sites for hydroxylation is 2. The van der Waals surface area contributed by atoms with E-state index in [1.165, 1.54) is 17.3 Å². The number of aliphatic imine (C=N–C) groups is 1. The third kappa shape index (κ3) is 5.61. The fourth-order valence-corrected chi connectivity index (χ4v) is 3.75. The van der Waals surface area contributed by atoms with Gasteiger partial charge in [-0.05, 0) is 44.9 Å². The second-order valence-corrected chi connectivity index (χ2v) is 7.18. The van der Waals surface area contributed by atoms with Crippen LogP contribution in [0.15, 0.2) is 29.3 Å². The predicted octanol–water partition coefficient (Wildman–Crippen LogP) is 3.12. The summed E-state index contributed by atoms with van der Waals surface area (Å²) in [5.41, 5.74) is 4.26. The Bertz CT molecular complexity index is 827. The highest BCUT2D eigenvalue weighted by Crippen LogP contribution is 2.20. The van der Waals surface area contributed by atoms with Crippen molar-refractivity contribution < 1.29 is 4.39 Å². The fourth-order valence-electron chi connectivity index (χ4n) is 3.75. The van der Waals surface area contributed by atoms with Gasteiger partial charge in [-0.3, -0.25) is 9.67 Å². The molecule has 1 aliphatic rings. The monoisotopic (exact) mass is 514 g/mol. The van der Waals surface area contributed by atoms with E-state index in [0.29, 0.717) is 5.69 Å². The number of piperazine rings is 1. The molecule has 0 atom stereocenters. The van der Waals surface area contributed by atoms with E-state index in [1.807, 2.05) is 23.9 Å². The molecule has 0 radical (unpaired) electrons. The lowest BCUT2D eigenvalue weighted by Crippen LogP contribution is -2.52. The molecule has 3 rings (SSSR count). The van der Waals surface area contributed by atoms with E-state index >= 15 is 0 Å². The van der Waals surface area contributed by atoms with E-state index in [-0.39, 0.29) is 29.8 Å². The maximum absolute atomic E-state index is 14.0. The summed E-state index contributed by atoms with van der Waals surface area (Å²) in [5.74, 6) is 0.786. The van der Waals surface area contributed by atoms with Crippen LogP contribution in [0.4, 0.5) is 10.1 Å². The van der Waals surface area contributed by atoms with E-state index < -0.39 is 0 Å². The minimum atomic E-state index is -0.154. The van der Waals surface area contributed by atoms with Gasteiger partial charge in [-0.15, -0.1) is 24.0 Å². The maximum Gasteiger partial charge on any atom is 0.194 e. The molecule has 1 saturated heterocycles. The van der Waals surface area contributed by atoms with Gasteiger partial charge in [0.1, 0.15) is 5.82 Å². The fraction of sp³-hybridized carbons (Fsp3) is 0.524. The van der Waals surface area contributed by atoms with Gasteiger partial charge in [0.2, 0.25) is 0 Å². The van der Waals surface area contributed by atoms with Gasteiger partial charge in [0, 0.05) is 52.0 Å². The molecule has 0 amide bonds. The van der Waals surface area contributed by atoms with Crippen LogP contribution in [0.2, 0.25) is 0 Å². The third-order valence-electron chi connectivity index (χ3n) is 5.39. The number of aromatic nitrogens is 2. The van der Waals surface area contributed by atoms with Crippen LogP contribution >= 0.6 is 24.0 Å². The molecule has 2 aromatic rings. The first-order valence-electron chi connectivity index (χ1n) is 10.0. The van der Waals surface area contributed by atoms with Gasteiger partial charge in [0.15, 0.2) is 5.96 Å². The van der Waals surface area contributed by atoms with Crippen molar-refractivity contribution >= 4 is 35.6 Å². The van der Waals surface area contributed by atoms with Crippen molar-refractivity contribution in [2.75, 3.05) is 44.2 Å². The summed E-state index contributed by atoms with van der Waals surface area (Å²) in [5, 5.41) is 7.89. The second kappa shape index (κ2) is 10.8. The van der Waals surface area contributed by atoms with Crippen LogP contribution in [0.1, 0.15) is 23.9 Å². The normalized spacial score (nSPS) is 14.7. The van der Waals surface area contributed by atoms with Crippen molar-refractivity contribution in [3.05, 3.63) is 47.0 Å². The lowest BCUT2D eigenvalue weighted by molar-refractivity contribution is 0.371. The number of benzene rings is 1. The van der Waals surface area contributed by atoms with E-state index in [0.717, 1.165) is 57.3 Å². The molecule has 1 aliphatic heterocycles. The van der Waals surface area contributed by atoms with Crippen LogP contribution in [-0.4, -0.2) is 59.9 Å². The summed E-state index contributed by atoms with van der Waals surface area (Å²) in [6.07, 6.45) is 0.885. The Labute approximate surface area is 190 Å². The van der Waals surface area contributed by atoms with Gasteiger partial charge in [0.25, 0.3) is 0 Å². The van der Waals surface area contributed by atoms with E-state index in [2.05, 4.69) is 41.0 Å². The lowest BCUT2D eigenvalue weighted by atomic mass is 10.1. The molecular formula is C21H32FIN6. The van der Waals surface area contributed by atoms with Gasteiger partial charge in [-0.2, -0.15) is 5.10 Å². The Kier molecular flexibility index (Phi) is 8.73. The predicted molar refractivity (Wildman–Crippen MR) is 128 cm³/mol. The van der Waals surface area contributed by atoms with Crippen molar-refractivity contribution in [3.8, 4) is 0 Å². The van der Waals surface area contributed by atoms with Gasteiger partial charge >= 0.3 is 0 Å². The number of anilines is 1. The number of hydrogen-bond acceptors (Lipinski definition) is 3. The molecule has 2 heterocycles. The third-order valence-corrected chi connectivity index (χ3v) is 5.39. The first-order chi connectivity index (χ1) is 13.5. The number of nitrogens with one attached hydrogen (secondary N) is 1. The number of para-hydroxylation sites is 1. The SMILES string of the molecule is CCNC(=NCCc1c(C)nn(C)c1C)N1CCN(c2ccccc2F)CC1.I. The first-order valence-corrected chi connectivity index (χ1v) is 10.0. The molecule has 0 unspecified atom stereocenters. The molecule has 0 saturated carbocycles. The van der Waals surface area contributed by atoms with E-state index in [4.69, 9.17) is 4.99 Å². The molecule has 1 aromatic heterocycles. The van der Waals surface area contributed by atoms with Crippen LogP contribution < -0.4 is 10.2 Å². The summed E-state index contributed by atoms with van der Waals surface area (Å²) in [6.45, 7) is 11.0. The van der Waals surface area contributed by atoms with Crippen molar-refractivity contribution in [2.24, 2.45) is 12.0 Å². The zero-order chi connectivity index (χ0) is 20.1. The van der Waals surface area contributed by atoms with Gasteiger partial charge in [-0.25, -0.2) is 4.39 Å². The lowest BCUT2D eigenvalue weighted by Gasteiger charge is -2.37. The van der Waals surface area contributed by atoms with Crippen molar-refractivity contribution in [2.45, 2.75) is 27.2 Å². The molecule has 0 aliphatic carbocycles. The Balaban J connectivity index is 0.00000300. The molecule has 160 valence electrons. The molecule has 29 heavy (non-hydrogen) atoms. The Hall–Kier alpha value is -1.84. The number of nitrogens with zero attached hydrogens (tertiary/aromatic N) is 5. The summed E-state index contributed by atoms with van der Waals surface area (Å²) >= 11 is 0. The maximum atomic E-state index is 14.0. The van der Waals surface area contributed by atoms with Gasteiger partial charge in [-0.1, -0.05) is 12.1 Å². The average Bonchev–Trinajstić information content (AvgIpc) is 2.94. The number of hydrogen-bond donors (Lipinski definition) is 1. The standard InChI is InChI=1S/C21H31FN6.HI/c1-5-23-21(24-11-10-18-16(2)25-26(4)17(18)3)28-14-12-27(13-15-28)20-9-7-6-8-19(20)22;/h6-9H,5,10-15H2,1-4H3,(H,23,24);1H. The Morgan fingerprint density at radius 1 is 1.17 bits per heavy atom. The topological polar surface area (TPSA) is 48.7 Å². The summed E-state index contributed by atoms with van der Waals surface area (Å²) in [7, 11) is 1.98. The van der Waals surface area contributed by atoms with E-state index in [1.54, 1.807) is 6.07 Å². The molecule has 0 spiro atoms. The summed E-state index contributed by atoms with van der Waals surface area (Å²) in [6, 6.07) is 6.99. The van der Waals surface area contributed by atoms with Gasteiger partial charge < -0.3 is 15.1 Å². The zero-order valence-corrected chi connectivity index (χ0v) is 20.1. The second-order valence-electron chi connectivity index (χ2n) is 7.18.